The number of fused-ring (bicyclic) bond motifs is 1. The van der Waals surface area contributed by atoms with Crippen molar-refractivity contribution in [3.63, 3.8) is 0 Å². The van der Waals surface area contributed by atoms with Gasteiger partial charge in [-0.3, -0.25) is 0 Å². The Hall–Kier alpha value is -0.0400. The zero-order valence-corrected chi connectivity index (χ0v) is 7.84. The van der Waals surface area contributed by atoms with Crippen molar-refractivity contribution in [3.8, 4) is 0 Å². The molecule has 11 heavy (non-hydrogen) atoms. The van der Waals surface area contributed by atoms with Crippen LogP contribution >= 0.6 is 0 Å². The fraction of sp³-hybridized carbons (Fsp3) is 1.00. The SMILES string of the molecule is CC[N+]1(C)CCC2CCCC21. The molecule has 0 aromatic heterocycles. The molecule has 3 atom stereocenters. The van der Waals surface area contributed by atoms with E-state index in [2.05, 4.69) is 14.0 Å². The maximum atomic E-state index is 2.45. The Kier molecular flexibility index (Phi) is 1.71. The van der Waals surface area contributed by atoms with Gasteiger partial charge in [-0.1, -0.05) is 0 Å². The van der Waals surface area contributed by atoms with Crippen LogP contribution in [0.25, 0.3) is 0 Å². The van der Waals surface area contributed by atoms with Gasteiger partial charge >= 0.3 is 0 Å². The largest absolute Gasteiger partial charge is 0.324 e. The topological polar surface area (TPSA) is 0 Å². The highest BCUT2D eigenvalue weighted by Crippen LogP contribution is 2.41. The van der Waals surface area contributed by atoms with Crippen molar-refractivity contribution < 1.29 is 4.48 Å². The van der Waals surface area contributed by atoms with Crippen molar-refractivity contribution in [3.05, 3.63) is 0 Å². The Balaban J connectivity index is 2.14. The van der Waals surface area contributed by atoms with Crippen LogP contribution in [0.4, 0.5) is 0 Å². The third-order valence-electron chi connectivity index (χ3n) is 4.15. The van der Waals surface area contributed by atoms with Crippen molar-refractivity contribution in [1.29, 1.82) is 0 Å². The molecule has 0 aromatic rings. The number of hydrogen-bond donors (Lipinski definition) is 0. The number of quaternary nitrogens is 1. The summed E-state index contributed by atoms with van der Waals surface area (Å²) in [6.45, 7) is 5.15. The highest BCUT2D eigenvalue weighted by atomic mass is 15.4. The van der Waals surface area contributed by atoms with E-state index >= 15 is 0 Å². The van der Waals surface area contributed by atoms with Crippen molar-refractivity contribution in [1.82, 2.24) is 0 Å². The van der Waals surface area contributed by atoms with E-state index in [-0.39, 0.29) is 0 Å². The maximum Gasteiger partial charge on any atom is 0.0918 e. The minimum atomic E-state index is 1.04. The Morgan fingerprint density at radius 1 is 1.27 bits per heavy atom. The van der Waals surface area contributed by atoms with Gasteiger partial charge in [0, 0.05) is 12.3 Å². The molecule has 2 aliphatic rings. The van der Waals surface area contributed by atoms with Gasteiger partial charge in [0.15, 0.2) is 0 Å². The lowest BCUT2D eigenvalue weighted by Crippen LogP contribution is -2.47. The summed E-state index contributed by atoms with van der Waals surface area (Å²) in [6, 6.07) is 1.04. The van der Waals surface area contributed by atoms with Crippen LogP contribution in [-0.2, 0) is 0 Å². The zero-order valence-electron chi connectivity index (χ0n) is 7.84. The second-order valence-electron chi connectivity index (χ2n) is 4.57. The van der Waals surface area contributed by atoms with Crippen LogP contribution < -0.4 is 0 Å². The summed E-state index contributed by atoms with van der Waals surface area (Å²) in [7, 11) is 2.45. The van der Waals surface area contributed by atoms with E-state index in [1.54, 1.807) is 0 Å². The lowest BCUT2D eigenvalue weighted by atomic mass is 10.0. The molecule has 0 N–H and O–H groups in total. The first-order valence-electron chi connectivity index (χ1n) is 5.10. The number of hydrogen-bond acceptors (Lipinski definition) is 0. The van der Waals surface area contributed by atoms with Gasteiger partial charge in [0.25, 0.3) is 0 Å². The molecule has 1 saturated carbocycles. The van der Waals surface area contributed by atoms with Gasteiger partial charge in [0.05, 0.1) is 26.2 Å². The maximum absolute atomic E-state index is 2.45. The van der Waals surface area contributed by atoms with Gasteiger partial charge in [-0.15, -0.1) is 0 Å². The third-order valence-corrected chi connectivity index (χ3v) is 4.15. The molecular formula is C10H20N+. The van der Waals surface area contributed by atoms with Crippen LogP contribution in [0.2, 0.25) is 0 Å². The molecule has 1 nitrogen and oxygen atoms in total. The highest BCUT2D eigenvalue weighted by molar-refractivity contribution is 4.83. The van der Waals surface area contributed by atoms with Gasteiger partial charge in [0.1, 0.15) is 0 Å². The molecular weight excluding hydrogens is 134 g/mol. The fourth-order valence-corrected chi connectivity index (χ4v) is 3.19. The monoisotopic (exact) mass is 154 g/mol. The second kappa shape index (κ2) is 2.48. The van der Waals surface area contributed by atoms with Crippen molar-refractivity contribution in [2.75, 3.05) is 20.1 Å². The van der Waals surface area contributed by atoms with E-state index in [0.717, 1.165) is 12.0 Å². The quantitative estimate of drug-likeness (QED) is 0.507. The summed E-state index contributed by atoms with van der Waals surface area (Å²) in [6.07, 6.45) is 6.05. The smallest absolute Gasteiger partial charge is 0.0918 e. The molecule has 2 rings (SSSR count). The van der Waals surface area contributed by atoms with Gasteiger partial charge < -0.3 is 4.48 Å². The average molecular weight is 154 g/mol. The minimum absolute atomic E-state index is 1.04. The molecule has 1 saturated heterocycles. The summed E-state index contributed by atoms with van der Waals surface area (Å²) in [4.78, 5) is 0. The van der Waals surface area contributed by atoms with Gasteiger partial charge in [-0.05, 0) is 26.2 Å². The van der Waals surface area contributed by atoms with E-state index < -0.39 is 0 Å². The van der Waals surface area contributed by atoms with E-state index in [4.69, 9.17) is 0 Å². The summed E-state index contributed by atoms with van der Waals surface area (Å²) < 4.78 is 1.38. The van der Waals surface area contributed by atoms with Crippen LogP contribution in [0.15, 0.2) is 0 Å². The predicted octanol–water partition coefficient (Wildman–Crippen LogP) is 2.03. The summed E-state index contributed by atoms with van der Waals surface area (Å²) >= 11 is 0. The molecule has 1 aliphatic carbocycles. The number of likely N-dealkylation sites (tertiary alicyclic amines) is 1. The van der Waals surface area contributed by atoms with Gasteiger partial charge in [0.2, 0.25) is 0 Å². The molecule has 64 valence electrons. The van der Waals surface area contributed by atoms with Gasteiger partial charge in [-0.25, -0.2) is 0 Å². The molecule has 0 aromatic carbocycles. The zero-order chi connectivity index (χ0) is 7.90. The summed E-state index contributed by atoms with van der Waals surface area (Å²) in [5.41, 5.74) is 0. The Morgan fingerprint density at radius 2 is 2.09 bits per heavy atom. The minimum Gasteiger partial charge on any atom is -0.324 e. The first-order valence-corrected chi connectivity index (χ1v) is 5.10. The normalized spacial score (nSPS) is 49.6. The van der Waals surface area contributed by atoms with E-state index in [0.29, 0.717) is 0 Å². The van der Waals surface area contributed by atoms with E-state index in [9.17, 15) is 0 Å². The first-order chi connectivity index (χ1) is 5.26. The summed E-state index contributed by atoms with van der Waals surface area (Å²) in [5.74, 6) is 1.10. The molecule has 1 heterocycles. The van der Waals surface area contributed by atoms with Crippen LogP contribution in [0.3, 0.4) is 0 Å². The molecule has 0 amide bonds. The fourth-order valence-electron chi connectivity index (χ4n) is 3.19. The van der Waals surface area contributed by atoms with Crippen molar-refractivity contribution in [2.45, 2.75) is 38.6 Å². The Morgan fingerprint density at radius 3 is 2.82 bits per heavy atom. The average Bonchev–Trinajstić information content (AvgIpc) is 2.55. The molecule has 0 radical (unpaired) electrons. The Bertz CT molecular complexity index is 155. The first kappa shape index (κ1) is 7.60. The Labute approximate surface area is 70.0 Å². The molecule has 2 fully saturated rings. The predicted molar refractivity (Wildman–Crippen MR) is 47.3 cm³/mol. The molecule has 0 spiro atoms. The summed E-state index contributed by atoms with van der Waals surface area (Å²) in [5, 5.41) is 0. The van der Waals surface area contributed by atoms with Crippen LogP contribution in [0.1, 0.15) is 32.6 Å². The van der Waals surface area contributed by atoms with Crippen LogP contribution in [-0.4, -0.2) is 30.7 Å². The van der Waals surface area contributed by atoms with Crippen molar-refractivity contribution in [2.24, 2.45) is 5.92 Å². The second-order valence-corrected chi connectivity index (χ2v) is 4.57. The lowest BCUT2D eigenvalue weighted by molar-refractivity contribution is -0.920. The van der Waals surface area contributed by atoms with E-state index in [1.165, 1.54) is 43.3 Å². The standard InChI is InChI=1S/C10H20N/c1-3-11(2)8-7-9-5-4-6-10(9)11/h9-10H,3-8H2,1-2H3/q+1. The third kappa shape index (κ3) is 1.01. The lowest BCUT2D eigenvalue weighted by Gasteiger charge is -2.34. The van der Waals surface area contributed by atoms with Crippen LogP contribution in [0.5, 0.6) is 0 Å². The van der Waals surface area contributed by atoms with E-state index in [1.807, 2.05) is 0 Å². The highest BCUT2D eigenvalue weighted by Gasteiger charge is 2.46. The molecule has 3 unspecified atom stereocenters. The molecule has 1 heteroatoms. The van der Waals surface area contributed by atoms with Gasteiger partial charge in [-0.2, -0.15) is 0 Å². The number of nitrogens with zero attached hydrogens (tertiary/aromatic N) is 1. The van der Waals surface area contributed by atoms with Crippen molar-refractivity contribution >= 4 is 0 Å². The molecule has 0 bridgehead atoms. The van der Waals surface area contributed by atoms with Crippen LogP contribution in [0, 0.1) is 5.92 Å². The number of rotatable bonds is 1. The molecule has 1 aliphatic heterocycles.